The smallest absolute Gasteiger partial charge is 0.303 e. The van der Waals surface area contributed by atoms with Crippen molar-refractivity contribution in [2.75, 3.05) is 7.11 Å². The molecule has 0 N–H and O–H groups in total. The highest BCUT2D eigenvalue weighted by atomic mass is 35.5. The van der Waals surface area contributed by atoms with Crippen LogP contribution in [-0.2, 0) is 30.2 Å². The van der Waals surface area contributed by atoms with Crippen molar-refractivity contribution in [3.05, 3.63) is 64.2 Å². The van der Waals surface area contributed by atoms with Gasteiger partial charge in [0.25, 0.3) is 0 Å². The van der Waals surface area contributed by atoms with E-state index in [1.54, 1.807) is 7.11 Å². The van der Waals surface area contributed by atoms with Crippen molar-refractivity contribution in [1.82, 2.24) is 0 Å². The van der Waals surface area contributed by atoms with Crippen LogP contribution in [0.1, 0.15) is 56.9 Å². The number of benzene rings is 2. The van der Waals surface area contributed by atoms with E-state index >= 15 is 0 Å². The van der Waals surface area contributed by atoms with Crippen molar-refractivity contribution in [2.24, 2.45) is 5.92 Å². The van der Waals surface area contributed by atoms with Gasteiger partial charge in [-0.25, -0.2) is 0 Å². The zero-order valence-electron chi connectivity index (χ0n) is 19.7. The number of carbonyl (C=O) groups excluding carboxylic acids is 2. The summed E-state index contributed by atoms with van der Waals surface area (Å²) in [5.41, 5.74) is 2.81. The van der Waals surface area contributed by atoms with Crippen molar-refractivity contribution in [3.8, 4) is 5.75 Å². The van der Waals surface area contributed by atoms with Crippen LogP contribution in [0.5, 0.6) is 5.75 Å². The maximum Gasteiger partial charge on any atom is 0.303 e. The van der Waals surface area contributed by atoms with E-state index in [4.69, 9.17) is 30.5 Å². The Morgan fingerprint density at radius 3 is 2.21 bits per heavy atom. The zero-order chi connectivity index (χ0) is 24.1. The van der Waals surface area contributed by atoms with Crippen LogP contribution < -0.4 is 4.74 Å². The van der Waals surface area contributed by atoms with Gasteiger partial charge in [-0.1, -0.05) is 49.7 Å². The Morgan fingerprint density at radius 2 is 1.64 bits per heavy atom. The molecule has 6 nitrogen and oxygen atoms in total. The molecule has 1 fully saturated rings. The summed E-state index contributed by atoms with van der Waals surface area (Å²) in [6.45, 7) is 6.67. The predicted octanol–water partition coefficient (Wildman–Crippen LogP) is 5.29. The van der Waals surface area contributed by atoms with Crippen molar-refractivity contribution >= 4 is 23.5 Å². The van der Waals surface area contributed by atoms with E-state index in [0.29, 0.717) is 11.4 Å². The number of esters is 2. The van der Waals surface area contributed by atoms with Crippen molar-refractivity contribution in [2.45, 2.75) is 65.0 Å². The SMILES string of the molecule is CC[C@H]1O[C@@H](c2ccc(Cl)c(Cc3ccc(OC)cc3)c2)[C@H](OC(C)=O)[C@@H](OC(C)=O)[C@@H]1C. The second-order valence-corrected chi connectivity index (χ2v) is 8.79. The van der Waals surface area contributed by atoms with Gasteiger partial charge in [0.05, 0.1) is 13.2 Å². The Labute approximate surface area is 200 Å². The molecule has 178 valence electrons. The molecule has 0 amide bonds. The van der Waals surface area contributed by atoms with Gasteiger partial charge in [0.2, 0.25) is 0 Å². The van der Waals surface area contributed by atoms with E-state index in [1.165, 1.54) is 13.8 Å². The summed E-state index contributed by atoms with van der Waals surface area (Å²) in [7, 11) is 1.63. The molecular weight excluding hydrogens is 444 g/mol. The minimum absolute atomic E-state index is 0.134. The summed E-state index contributed by atoms with van der Waals surface area (Å²) < 4.78 is 22.9. The fourth-order valence-corrected chi connectivity index (χ4v) is 4.55. The number of rotatable bonds is 7. The van der Waals surface area contributed by atoms with E-state index < -0.39 is 30.3 Å². The molecule has 0 bridgehead atoms. The maximum absolute atomic E-state index is 11.9. The molecule has 0 radical (unpaired) electrons. The molecule has 0 aliphatic carbocycles. The molecule has 2 aromatic rings. The minimum Gasteiger partial charge on any atom is -0.497 e. The molecule has 33 heavy (non-hydrogen) atoms. The molecule has 1 aliphatic rings. The van der Waals surface area contributed by atoms with Gasteiger partial charge in [-0.3, -0.25) is 9.59 Å². The Morgan fingerprint density at radius 1 is 1.00 bits per heavy atom. The Kier molecular flexibility index (Phi) is 8.38. The number of carbonyl (C=O) groups is 2. The zero-order valence-corrected chi connectivity index (χ0v) is 20.4. The van der Waals surface area contributed by atoms with Gasteiger partial charge < -0.3 is 18.9 Å². The lowest BCUT2D eigenvalue weighted by atomic mass is 9.84. The number of hydrogen-bond acceptors (Lipinski definition) is 6. The van der Waals surface area contributed by atoms with Crippen molar-refractivity contribution < 1.29 is 28.5 Å². The molecule has 0 spiro atoms. The highest BCUT2D eigenvalue weighted by molar-refractivity contribution is 6.31. The van der Waals surface area contributed by atoms with Crippen LogP contribution in [0.25, 0.3) is 0 Å². The summed E-state index contributed by atoms with van der Waals surface area (Å²) in [6.07, 6.45) is -0.787. The summed E-state index contributed by atoms with van der Waals surface area (Å²) in [5, 5.41) is 0.631. The van der Waals surface area contributed by atoms with Gasteiger partial charge in [-0.05, 0) is 47.7 Å². The molecule has 0 aromatic heterocycles. The summed E-state index contributed by atoms with van der Waals surface area (Å²) in [5.74, 6) is -0.226. The lowest BCUT2D eigenvalue weighted by Gasteiger charge is -2.44. The summed E-state index contributed by atoms with van der Waals surface area (Å²) in [6, 6.07) is 13.5. The molecule has 3 rings (SSSR count). The summed E-state index contributed by atoms with van der Waals surface area (Å²) >= 11 is 6.52. The second-order valence-electron chi connectivity index (χ2n) is 8.39. The lowest BCUT2D eigenvalue weighted by Crippen LogP contribution is -2.52. The maximum atomic E-state index is 11.9. The first kappa shape index (κ1) is 25.1. The number of halogens is 1. The molecule has 5 atom stereocenters. The Balaban J connectivity index is 1.97. The highest BCUT2D eigenvalue weighted by Crippen LogP contribution is 2.40. The third kappa shape index (κ3) is 6.06. The molecule has 0 saturated carbocycles. The number of ether oxygens (including phenoxy) is 4. The first-order valence-corrected chi connectivity index (χ1v) is 11.5. The van der Waals surface area contributed by atoms with Gasteiger partial charge in [0, 0.05) is 24.8 Å². The van der Waals surface area contributed by atoms with Crippen LogP contribution in [0, 0.1) is 5.92 Å². The minimum atomic E-state index is -0.765. The fourth-order valence-electron chi connectivity index (χ4n) is 4.37. The first-order chi connectivity index (χ1) is 15.7. The predicted molar refractivity (Wildman–Crippen MR) is 125 cm³/mol. The third-order valence-corrected chi connectivity index (χ3v) is 6.38. The van der Waals surface area contributed by atoms with Crippen molar-refractivity contribution in [1.29, 1.82) is 0 Å². The van der Waals surface area contributed by atoms with Gasteiger partial charge in [0.15, 0.2) is 6.10 Å². The van der Waals surface area contributed by atoms with E-state index in [2.05, 4.69) is 0 Å². The fraction of sp³-hybridized carbons (Fsp3) is 0.462. The standard InChI is InChI=1S/C26H31ClO6/c1-6-23-15(2)24(31-16(3)28)26(32-17(4)29)25(33-23)19-9-12-22(27)20(14-19)13-18-7-10-21(30-5)11-8-18/h7-12,14-15,23-26H,6,13H2,1-5H3/t15-,23-,24+,25+,26-/m1/s1. The highest BCUT2D eigenvalue weighted by Gasteiger charge is 2.47. The van der Waals surface area contributed by atoms with E-state index in [9.17, 15) is 9.59 Å². The van der Waals surface area contributed by atoms with Crippen LogP contribution >= 0.6 is 11.6 Å². The normalized spacial score (nSPS) is 24.7. The van der Waals surface area contributed by atoms with Crippen LogP contribution in [0.15, 0.2) is 42.5 Å². The van der Waals surface area contributed by atoms with E-state index in [0.717, 1.165) is 28.9 Å². The average Bonchev–Trinajstić information content (AvgIpc) is 2.78. The van der Waals surface area contributed by atoms with Crippen LogP contribution in [0.2, 0.25) is 5.02 Å². The van der Waals surface area contributed by atoms with E-state index in [1.807, 2.05) is 56.3 Å². The van der Waals surface area contributed by atoms with Gasteiger partial charge in [0.1, 0.15) is 18.0 Å². The average molecular weight is 475 g/mol. The van der Waals surface area contributed by atoms with Crippen LogP contribution in [-0.4, -0.2) is 37.4 Å². The molecule has 1 aliphatic heterocycles. The monoisotopic (exact) mass is 474 g/mol. The molecular formula is C26H31ClO6. The first-order valence-electron chi connectivity index (χ1n) is 11.1. The largest absolute Gasteiger partial charge is 0.497 e. The van der Waals surface area contributed by atoms with Crippen LogP contribution in [0.3, 0.4) is 0 Å². The van der Waals surface area contributed by atoms with E-state index in [-0.39, 0.29) is 12.0 Å². The second kappa shape index (κ2) is 11.0. The molecule has 0 unspecified atom stereocenters. The van der Waals surface area contributed by atoms with Gasteiger partial charge in [-0.2, -0.15) is 0 Å². The third-order valence-electron chi connectivity index (χ3n) is 6.01. The summed E-state index contributed by atoms with van der Waals surface area (Å²) in [4.78, 5) is 23.8. The molecule has 2 aromatic carbocycles. The van der Waals surface area contributed by atoms with Crippen LogP contribution in [0.4, 0.5) is 0 Å². The Bertz CT molecular complexity index is 973. The van der Waals surface area contributed by atoms with Gasteiger partial charge in [-0.15, -0.1) is 0 Å². The number of hydrogen-bond donors (Lipinski definition) is 0. The Hall–Kier alpha value is -2.57. The van der Waals surface area contributed by atoms with Gasteiger partial charge >= 0.3 is 11.9 Å². The quantitative estimate of drug-likeness (QED) is 0.508. The molecule has 1 heterocycles. The molecule has 7 heteroatoms. The number of methoxy groups -OCH3 is 1. The lowest BCUT2D eigenvalue weighted by molar-refractivity contribution is -0.225. The molecule has 1 saturated heterocycles. The van der Waals surface area contributed by atoms with Crippen molar-refractivity contribution in [3.63, 3.8) is 0 Å². The topological polar surface area (TPSA) is 71.1 Å².